The monoisotopic (exact) mass is 305 g/mol. The number of esters is 1. The lowest BCUT2D eigenvalue weighted by atomic mass is 9.88. The Balaban J connectivity index is 2.31. The number of hydrogen-bond donors (Lipinski definition) is 0. The van der Waals surface area contributed by atoms with Crippen LogP contribution in [0.25, 0.3) is 0 Å². The minimum atomic E-state index is -0.803. The number of non-ortho nitro benzene ring substituents is 1. The first kappa shape index (κ1) is 16.1. The molecule has 1 fully saturated rings. The van der Waals surface area contributed by atoms with Gasteiger partial charge in [-0.15, -0.1) is 0 Å². The van der Waals surface area contributed by atoms with E-state index >= 15 is 0 Å². The number of benzene rings is 1. The second-order valence-corrected chi connectivity index (χ2v) is 5.58. The molecule has 0 spiro atoms. The molecule has 118 valence electrons. The lowest BCUT2D eigenvalue weighted by Gasteiger charge is -2.16. The SMILES string of the molecule is CCCC1C[C@H](c2ccc([N+](=O)[O-])cc2)[C@@H](C(=O)OC)C1=O. The van der Waals surface area contributed by atoms with Gasteiger partial charge >= 0.3 is 5.97 Å². The van der Waals surface area contributed by atoms with Gasteiger partial charge in [-0.2, -0.15) is 0 Å². The highest BCUT2D eigenvalue weighted by molar-refractivity contribution is 6.03. The van der Waals surface area contributed by atoms with Gasteiger partial charge in [-0.05, 0) is 18.4 Å². The maximum Gasteiger partial charge on any atom is 0.316 e. The molecule has 0 heterocycles. The van der Waals surface area contributed by atoms with E-state index in [1.54, 1.807) is 12.1 Å². The molecule has 6 heteroatoms. The summed E-state index contributed by atoms with van der Waals surface area (Å²) in [7, 11) is 1.27. The van der Waals surface area contributed by atoms with Gasteiger partial charge in [0.05, 0.1) is 12.0 Å². The van der Waals surface area contributed by atoms with Crippen LogP contribution in [0.2, 0.25) is 0 Å². The highest BCUT2D eigenvalue weighted by atomic mass is 16.6. The average Bonchev–Trinajstić information content (AvgIpc) is 2.84. The Hall–Kier alpha value is -2.24. The van der Waals surface area contributed by atoms with Crippen molar-refractivity contribution < 1.29 is 19.2 Å². The number of ether oxygens (including phenoxy) is 1. The maximum atomic E-state index is 12.4. The molecule has 0 amide bonds. The summed E-state index contributed by atoms with van der Waals surface area (Å²) in [5.41, 5.74) is 0.765. The van der Waals surface area contributed by atoms with Crippen LogP contribution in [0.4, 0.5) is 5.69 Å². The third kappa shape index (κ3) is 3.00. The molecule has 0 radical (unpaired) electrons. The first-order chi connectivity index (χ1) is 10.5. The number of carbonyl (C=O) groups excluding carboxylic acids is 2. The standard InChI is InChI=1S/C16H19NO5/c1-3-4-11-9-13(14(15(11)18)16(19)22-2)10-5-7-12(8-6-10)17(20)21/h5-8,11,13-14H,3-4,9H2,1-2H3/t11?,13-,14-/m1/s1. The number of nitro groups is 1. The zero-order chi connectivity index (χ0) is 16.3. The first-order valence-corrected chi connectivity index (χ1v) is 7.35. The fraction of sp³-hybridized carbons (Fsp3) is 0.500. The van der Waals surface area contributed by atoms with Gasteiger partial charge in [0.25, 0.3) is 5.69 Å². The summed E-state index contributed by atoms with van der Waals surface area (Å²) in [6.07, 6.45) is 2.21. The molecule has 3 atom stereocenters. The second-order valence-electron chi connectivity index (χ2n) is 5.58. The minimum absolute atomic E-state index is 0.00667. The zero-order valence-corrected chi connectivity index (χ0v) is 12.7. The highest BCUT2D eigenvalue weighted by Gasteiger charge is 2.47. The molecule has 2 rings (SSSR count). The largest absolute Gasteiger partial charge is 0.468 e. The Labute approximate surface area is 128 Å². The molecule has 0 N–H and O–H groups in total. The quantitative estimate of drug-likeness (QED) is 0.361. The van der Waals surface area contributed by atoms with Gasteiger partial charge in [-0.3, -0.25) is 19.7 Å². The van der Waals surface area contributed by atoms with Crippen LogP contribution in [-0.2, 0) is 14.3 Å². The molecule has 0 saturated heterocycles. The van der Waals surface area contributed by atoms with Crippen molar-refractivity contribution in [2.75, 3.05) is 7.11 Å². The lowest BCUT2D eigenvalue weighted by Crippen LogP contribution is -2.26. The summed E-state index contributed by atoms with van der Waals surface area (Å²) < 4.78 is 4.78. The van der Waals surface area contributed by atoms with E-state index < -0.39 is 16.8 Å². The van der Waals surface area contributed by atoms with Crippen LogP contribution in [0.15, 0.2) is 24.3 Å². The van der Waals surface area contributed by atoms with Crippen molar-refractivity contribution in [3.63, 3.8) is 0 Å². The van der Waals surface area contributed by atoms with E-state index in [0.29, 0.717) is 6.42 Å². The van der Waals surface area contributed by atoms with Crippen LogP contribution in [0, 0.1) is 22.0 Å². The molecule has 1 aliphatic rings. The molecule has 1 aromatic carbocycles. The molecular formula is C16H19NO5. The molecule has 6 nitrogen and oxygen atoms in total. The van der Waals surface area contributed by atoms with E-state index in [1.807, 2.05) is 6.92 Å². The van der Waals surface area contributed by atoms with E-state index in [0.717, 1.165) is 18.4 Å². The number of rotatable bonds is 5. The average molecular weight is 305 g/mol. The molecule has 1 unspecified atom stereocenters. The fourth-order valence-electron chi connectivity index (χ4n) is 3.20. The number of methoxy groups -OCH3 is 1. The predicted molar refractivity (Wildman–Crippen MR) is 79.4 cm³/mol. The van der Waals surface area contributed by atoms with Crippen molar-refractivity contribution in [1.29, 1.82) is 0 Å². The van der Waals surface area contributed by atoms with Crippen molar-refractivity contribution in [3.05, 3.63) is 39.9 Å². The van der Waals surface area contributed by atoms with Crippen molar-refractivity contribution in [3.8, 4) is 0 Å². The normalized spacial score (nSPS) is 24.3. The third-order valence-corrected chi connectivity index (χ3v) is 4.27. The van der Waals surface area contributed by atoms with E-state index in [-0.39, 0.29) is 23.3 Å². The van der Waals surface area contributed by atoms with E-state index in [1.165, 1.54) is 19.2 Å². The van der Waals surface area contributed by atoms with Gasteiger partial charge in [0.2, 0.25) is 0 Å². The zero-order valence-electron chi connectivity index (χ0n) is 12.7. The van der Waals surface area contributed by atoms with Crippen LogP contribution >= 0.6 is 0 Å². The van der Waals surface area contributed by atoms with Gasteiger partial charge in [0.15, 0.2) is 5.78 Å². The molecular weight excluding hydrogens is 286 g/mol. The van der Waals surface area contributed by atoms with Crippen molar-refractivity contribution in [1.82, 2.24) is 0 Å². The molecule has 0 bridgehead atoms. The Morgan fingerprint density at radius 3 is 2.50 bits per heavy atom. The minimum Gasteiger partial charge on any atom is -0.468 e. The highest BCUT2D eigenvalue weighted by Crippen LogP contribution is 2.43. The molecule has 0 aliphatic heterocycles. The lowest BCUT2D eigenvalue weighted by molar-refractivity contribution is -0.384. The topological polar surface area (TPSA) is 86.5 Å². The summed E-state index contributed by atoms with van der Waals surface area (Å²) >= 11 is 0. The summed E-state index contributed by atoms with van der Waals surface area (Å²) in [6.45, 7) is 2.00. The van der Waals surface area contributed by atoms with E-state index in [2.05, 4.69) is 0 Å². The summed E-state index contributed by atoms with van der Waals surface area (Å²) in [6, 6.07) is 6.06. The number of hydrogen-bond acceptors (Lipinski definition) is 5. The van der Waals surface area contributed by atoms with Crippen molar-refractivity contribution in [2.45, 2.75) is 32.1 Å². The van der Waals surface area contributed by atoms with Crippen molar-refractivity contribution in [2.24, 2.45) is 11.8 Å². The van der Waals surface area contributed by atoms with Gasteiger partial charge in [-0.25, -0.2) is 0 Å². The Morgan fingerprint density at radius 2 is 2.00 bits per heavy atom. The van der Waals surface area contributed by atoms with Gasteiger partial charge in [0.1, 0.15) is 5.92 Å². The smallest absolute Gasteiger partial charge is 0.316 e. The number of nitro benzene ring substituents is 1. The molecule has 1 aromatic rings. The van der Waals surface area contributed by atoms with Gasteiger partial charge in [0, 0.05) is 24.0 Å². The molecule has 1 saturated carbocycles. The maximum absolute atomic E-state index is 12.4. The Kier molecular flexibility index (Phi) is 4.90. The summed E-state index contributed by atoms with van der Waals surface area (Å²) in [4.78, 5) is 34.7. The van der Waals surface area contributed by atoms with E-state index in [9.17, 15) is 19.7 Å². The van der Waals surface area contributed by atoms with E-state index in [4.69, 9.17) is 4.74 Å². The number of nitrogens with zero attached hydrogens (tertiary/aromatic N) is 1. The predicted octanol–water partition coefficient (Wildman–Crippen LogP) is 2.86. The van der Waals surface area contributed by atoms with Crippen LogP contribution < -0.4 is 0 Å². The van der Waals surface area contributed by atoms with Crippen LogP contribution in [-0.4, -0.2) is 23.8 Å². The van der Waals surface area contributed by atoms with Crippen LogP contribution in [0.3, 0.4) is 0 Å². The second kappa shape index (κ2) is 6.68. The Morgan fingerprint density at radius 1 is 1.36 bits per heavy atom. The number of ketones is 1. The fourth-order valence-corrected chi connectivity index (χ4v) is 3.20. The van der Waals surface area contributed by atoms with Crippen molar-refractivity contribution >= 4 is 17.4 Å². The first-order valence-electron chi connectivity index (χ1n) is 7.35. The molecule has 1 aliphatic carbocycles. The molecule has 0 aromatic heterocycles. The molecule has 22 heavy (non-hydrogen) atoms. The van der Waals surface area contributed by atoms with Gasteiger partial charge in [-0.1, -0.05) is 25.5 Å². The summed E-state index contributed by atoms with van der Waals surface area (Å²) in [5.74, 6) is -1.81. The number of carbonyl (C=O) groups is 2. The summed E-state index contributed by atoms with van der Waals surface area (Å²) in [5, 5.41) is 10.7. The van der Waals surface area contributed by atoms with Crippen LogP contribution in [0.5, 0.6) is 0 Å². The van der Waals surface area contributed by atoms with Gasteiger partial charge < -0.3 is 4.74 Å². The van der Waals surface area contributed by atoms with Crippen LogP contribution in [0.1, 0.15) is 37.7 Å². The third-order valence-electron chi connectivity index (χ3n) is 4.27. The Bertz CT molecular complexity index is 581. The number of Topliss-reactive ketones (excluding diaryl/α,β-unsaturated/α-hetero) is 1.